The predicted octanol–water partition coefficient (Wildman–Crippen LogP) is 5.67. The average Bonchev–Trinajstić information content (AvgIpc) is 2.30. The van der Waals surface area contributed by atoms with Crippen LogP contribution in [0.15, 0.2) is 62.2 Å². The van der Waals surface area contributed by atoms with Crippen molar-refractivity contribution >= 4 is 40.9 Å². The SMILES string of the molecule is C=CC=C.C=Cc1ccccc1.ClC(Cl)Cl. The zero-order chi connectivity index (χ0) is 12.8. The first kappa shape index (κ1) is 17.7. The lowest BCUT2D eigenvalue weighted by Gasteiger charge is -1.85. The third-order valence-electron chi connectivity index (χ3n) is 1.20. The molecule has 3 heteroatoms. The Labute approximate surface area is 113 Å². The molecule has 0 spiro atoms. The van der Waals surface area contributed by atoms with Crippen molar-refractivity contribution in [1.29, 1.82) is 0 Å². The number of rotatable bonds is 2. The van der Waals surface area contributed by atoms with Gasteiger partial charge in [0.1, 0.15) is 0 Å². The van der Waals surface area contributed by atoms with E-state index in [0.717, 1.165) is 0 Å². The maximum Gasteiger partial charge on any atom is 0.180 e. The lowest BCUT2D eigenvalue weighted by Crippen LogP contribution is -1.63. The molecule has 0 saturated heterocycles. The van der Waals surface area contributed by atoms with E-state index < -0.39 is 4.30 Å². The second kappa shape index (κ2) is 14.3. The van der Waals surface area contributed by atoms with Crippen LogP contribution in [0.1, 0.15) is 5.56 Å². The Morgan fingerprint density at radius 2 is 1.25 bits per heavy atom. The highest BCUT2D eigenvalue weighted by molar-refractivity contribution is 6.63. The molecule has 16 heavy (non-hydrogen) atoms. The van der Waals surface area contributed by atoms with Crippen LogP contribution in [0.3, 0.4) is 0 Å². The molecule has 0 unspecified atom stereocenters. The van der Waals surface area contributed by atoms with E-state index in [1.54, 1.807) is 12.2 Å². The van der Waals surface area contributed by atoms with Crippen molar-refractivity contribution in [1.82, 2.24) is 0 Å². The summed E-state index contributed by atoms with van der Waals surface area (Å²) in [5.74, 6) is 0. The first-order valence-corrected chi connectivity index (χ1v) is 5.72. The highest BCUT2D eigenvalue weighted by Crippen LogP contribution is 2.03. The van der Waals surface area contributed by atoms with Crippen LogP contribution in [-0.2, 0) is 0 Å². The van der Waals surface area contributed by atoms with Crippen molar-refractivity contribution in [2.24, 2.45) is 0 Å². The molecule has 88 valence electrons. The second-order valence-corrected chi connectivity index (χ2v) is 4.31. The van der Waals surface area contributed by atoms with Gasteiger partial charge in [-0.25, -0.2) is 0 Å². The molecular weight excluding hydrogens is 263 g/mol. The summed E-state index contributed by atoms with van der Waals surface area (Å²) < 4.78 is -0.750. The largest absolute Gasteiger partial charge is 0.180 e. The molecule has 0 radical (unpaired) electrons. The number of allylic oxidation sites excluding steroid dienone is 2. The van der Waals surface area contributed by atoms with Gasteiger partial charge in [0.05, 0.1) is 0 Å². The lowest BCUT2D eigenvalue weighted by molar-refractivity contribution is 1.67. The van der Waals surface area contributed by atoms with Gasteiger partial charge < -0.3 is 0 Å². The molecule has 1 aromatic rings. The summed E-state index contributed by atoms with van der Waals surface area (Å²) in [6.45, 7) is 10.4. The van der Waals surface area contributed by atoms with E-state index in [1.807, 2.05) is 36.4 Å². The zero-order valence-electron chi connectivity index (χ0n) is 8.95. The highest BCUT2D eigenvalue weighted by atomic mass is 35.6. The fraction of sp³-hybridized carbons (Fsp3) is 0.0769. The third-order valence-corrected chi connectivity index (χ3v) is 1.20. The van der Waals surface area contributed by atoms with Crippen molar-refractivity contribution in [3.8, 4) is 0 Å². The van der Waals surface area contributed by atoms with E-state index in [4.69, 9.17) is 34.8 Å². The topological polar surface area (TPSA) is 0 Å². The van der Waals surface area contributed by atoms with Gasteiger partial charge in [-0.3, -0.25) is 0 Å². The molecule has 0 aliphatic carbocycles. The van der Waals surface area contributed by atoms with Gasteiger partial charge in [0, 0.05) is 0 Å². The van der Waals surface area contributed by atoms with E-state index >= 15 is 0 Å². The van der Waals surface area contributed by atoms with Crippen molar-refractivity contribution in [3.63, 3.8) is 0 Å². The summed E-state index contributed by atoms with van der Waals surface area (Å²) >= 11 is 14.4. The summed E-state index contributed by atoms with van der Waals surface area (Å²) in [6, 6.07) is 10.0. The molecule has 0 bridgehead atoms. The minimum Gasteiger partial charge on any atom is -0.0991 e. The summed E-state index contributed by atoms with van der Waals surface area (Å²) in [5.41, 5.74) is 1.17. The van der Waals surface area contributed by atoms with Gasteiger partial charge in [-0.2, -0.15) is 0 Å². The zero-order valence-corrected chi connectivity index (χ0v) is 11.2. The first-order chi connectivity index (χ1) is 7.58. The smallest absolute Gasteiger partial charge is 0.0991 e. The number of hydrogen-bond donors (Lipinski definition) is 0. The normalized spacial score (nSPS) is 7.75. The minimum absolute atomic E-state index is 0.750. The van der Waals surface area contributed by atoms with Crippen molar-refractivity contribution in [2.75, 3.05) is 0 Å². The van der Waals surface area contributed by atoms with Gasteiger partial charge in [-0.15, -0.1) is 0 Å². The van der Waals surface area contributed by atoms with Crippen LogP contribution in [0.25, 0.3) is 6.08 Å². The monoisotopic (exact) mass is 276 g/mol. The van der Waals surface area contributed by atoms with Crippen LogP contribution in [0.2, 0.25) is 0 Å². The van der Waals surface area contributed by atoms with Crippen LogP contribution >= 0.6 is 34.8 Å². The highest BCUT2D eigenvalue weighted by Gasteiger charge is 1.79. The van der Waals surface area contributed by atoms with Gasteiger partial charge in [0.2, 0.25) is 0 Å². The Hall–Kier alpha value is -0.690. The average molecular weight is 278 g/mol. The molecule has 0 fully saturated rings. The molecule has 0 aliphatic rings. The molecule has 0 heterocycles. The Morgan fingerprint density at radius 1 is 0.875 bits per heavy atom. The number of alkyl halides is 3. The first-order valence-electron chi connectivity index (χ1n) is 4.41. The molecule has 0 atom stereocenters. The fourth-order valence-electron chi connectivity index (χ4n) is 0.589. The van der Waals surface area contributed by atoms with Crippen molar-refractivity contribution in [2.45, 2.75) is 4.30 Å². The van der Waals surface area contributed by atoms with Gasteiger partial charge in [0.25, 0.3) is 0 Å². The van der Waals surface area contributed by atoms with Crippen LogP contribution in [0, 0.1) is 0 Å². The maximum atomic E-state index is 4.81. The van der Waals surface area contributed by atoms with Crippen molar-refractivity contribution in [3.05, 3.63) is 67.8 Å². The molecule has 0 aromatic heterocycles. The molecule has 0 aliphatic heterocycles. The fourth-order valence-corrected chi connectivity index (χ4v) is 0.589. The quantitative estimate of drug-likeness (QED) is 0.482. The molecule has 0 saturated carbocycles. The van der Waals surface area contributed by atoms with E-state index in [2.05, 4.69) is 19.7 Å². The Morgan fingerprint density at radius 3 is 1.44 bits per heavy atom. The molecular formula is C13H15Cl3. The molecule has 0 nitrogen and oxygen atoms in total. The van der Waals surface area contributed by atoms with E-state index in [0.29, 0.717) is 0 Å². The Balaban J connectivity index is 0. The minimum atomic E-state index is -0.750. The Bertz CT molecular complexity index is 270. The van der Waals surface area contributed by atoms with Gasteiger partial charge in [0.15, 0.2) is 4.30 Å². The molecule has 1 aromatic carbocycles. The van der Waals surface area contributed by atoms with Crippen LogP contribution in [0.4, 0.5) is 0 Å². The van der Waals surface area contributed by atoms with Crippen LogP contribution < -0.4 is 0 Å². The van der Waals surface area contributed by atoms with E-state index in [-0.39, 0.29) is 0 Å². The lowest BCUT2D eigenvalue weighted by atomic mass is 10.2. The van der Waals surface area contributed by atoms with E-state index in [9.17, 15) is 0 Å². The summed E-state index contributed by atoms with van der Waals surface area (Å²) in [6.07, 6.45) is 5.11. The van der Waals surface area contributed by atoms with Crippen LogP contribution in [0.5, 0.6) is 0 Å². The molecule has 1 rings (SSSR count). The van der Waals surface area contributed by atoms with Gasteiger partial charge in [-0.05, 0) is 5.56 Å². The summed E-state index contributed by atoms with van der Waals surface area (Å²) in [4.78, 5) is 0. The Kier molecular flexibility index (Phi) is 15.8. The number of hydrogen-bond acceptors (Lipinski definition) is 0. The third kappa shape index (κ3) is 19.0. The summed E-state index contributed by atoms with van der Waals surface area (Å²) in [7, 11) is 0. The number of benzene rings is 1. The standard InChI is InChI=1S/C8H8.C4H6.CHCl3/c1-2-8-6-4-3-5-7-8;1-3-4-2;2-1(3)4/h2-7H,1H2;3-4H,1-2H2;1H. The summed E-state index contributed by atoms with van der Waals surface area (Å²) in [5, 5.41) is 0. The van der Waals surface area contributed by atoms with E-state index in [1.165, 1.54) is 5.56 Å². The number of halogens is 3. The van der Waals surface area contributed by atoms with Gasteiger partial charge >= 0.3 is 0 Å². The second-order valence-electron chi connectivity index (χ2n) is 2.33. The molecule has 0 N–H and O–H groups in total. The predicted molar refractivity (Wildman–Crippen MR) is 78.3 cm³/mol. The maximum absolute atomic E-state index is 4.81. The van der Waals surface area contributed by atoms with Gasteiger partial charge in [-0.1, -0.05) is 103 Å². The van der Waals surface area contributed by atoms with Crippen molar-refractivity contribution < 1.29 is 0 Å². The molecule has 0 amide bonds. The van der Waals surface area contributed by atoms with Crippen LogP contribution in [-0.4, -0.2) is 4.30 Å².